The molecule has 0 atom stereocenters. The molecule has 1 aromatic heterocycles. The third kappa shape index (κ3) is 3.43. The first kappa shape index (κ1) is 12.8. The number of nitrogens with zero attached hydrogens (tertiary/aromatic N) is 1. The summed E-state index contributed by atoms with van der Waals surface area (Å²) in [7, 11) is 0. The third-order valence-electron chi connectivity index (χ3n) is 2.48. The van der Waals surface area contributed by atoms with E-state index >= 15 is 0 Å². The minimum Gasteiger partial charge on any atom is -0.383 e. The monoisotopic (exact) mass is 312 g/mol. The Kier molecular flexibility index (Phi) is 3.81. The molecule has 1 saturated carbocycles. The maximum absolute atomic E-state index is 11.8. The summed E-state index contributed by atoms with van der Waals surface area (Å²) in [5.74, 6) is -0.460. The normalized spacial score (nSPS) is 14.1. The van der Waals surface area contributed by atoms with Crippen molar-refractivity contribution in [3.05, 3.63) is 22.3 Å². The molecular formula is C11H13BrN4O2. The lowest BCUT2D eigenvalue weighted by Crippen LogP contribution is -2.38. The molecule has 0 aliphatic heterocycles. The van der Waals surface area contributed by atoms with E-state index in [0.717, 1.165) is 12.8 Å². The van der Waals surface area contributed by atoms with Gasteiger partial charge in [0.15, 0.2) is 0 Å². The number of pyridine rings is 1. The van der Waals surface area contributed by atoms with E-state index in [9.17, 15) is 9.59 Å². The molecule has 0 unspecified atom stereocenters. The summed E-state index contributed by atoms with van der Waals surface area (Å²) in [5, 5.41) is 5.28. The molecule has 0 saturated heterocycles. The van der Waals surface area contributed by atoms with Crippen molar-refractivity contribution in [3.8, 4) is 0 Å². The quantitative estimate of drug-likeness (QED) is 0.751. The van der Waals surface area contributed by atoms with Crippen LogP contribution >= 0.6 is 15.9 Å². The summed E-state index contributed by atoms with van der Waals surface area (Å²) in [5.41, 5.74) is 5.85. The van der Waals surface area contributed by atoms with E-state index in [-0.39, 0.29) is 29.9 Å². The predicted octanol–water partition coefficient (Wildman–Crippen LogP) is 0.435. The first-order chi connectivity index (χ1) is 8.56. The van der Waals surface area contributed by atoms with Gasteiger partial charge in [-0.1, -0.05) is 0 Å². The highest BCUT2D eigenvalue weighted by atomic mass is 79.9. The number of carbonyl (C=O) groups is 2. The van der Waals surface area contributed by atoms with Crippen molar-refractivity contribution in [2.24, 2.45) is 0 Å². The fraction of sp³-hybridized carbons (Fsp3) is 0.364. The molecule has 18 heavy (non-hydrogen) atoms. The van der Waals surface area contributed by atoms with E-state index in [2.05, 4.69) is 31.5 Å². The van der Waals surface area contributed by atoms with Gasteiger partial charge >= 0.3 is 0 Å². The zero-order chi connectivity index (χ0) is 13.1. The lowest BCUT2D eigenvalue weighted by Gasteiger charge is -2.07. The largest absolute Gasteiger partial charge is 0.383 e. The number of hydrogen-bond acceptors (Lipinski definition) is 4. The van der Waals surface area contributed by atoms with E-state index in [0.29, 0.717) is 4.47 Å². The molecule has 7 heteroatoms. The molecule has 1 fully saturated rings. The maximum Gasteiger partial charge on any atom is 0.255 e. The molecular weight excluding hydrogens is 300 g/mol. The average Bonchev–Trinajstić information content (AvgIpc) is 3.13. The molecule has 6 nitrogen and oxygen atoms in total. The van der Waals surface area contributed by atoms with Crippen LogP contribution in [0.2, 0.25) is 0 Å². The van der Waals surface area contributed by atoms with Crippen molar-refractivity contribution in [3.63, 3.8) is 0 Å². The molecule has 1 aliphatic rings. The van der Waals surface area contributed by atoms with Gasteiger partial charge < -0.3 is 16.4 Å². The fourth-order valence-electron chi connectivity index (χ4n) is 1.39. The third-order valence-corrected chi connectivity index (χ3v) is 2.92. The van der Waals surface area contributed by atoms with Crippen LogP contribution in [0, 0.1) is 0 Å². The molecule has 4 N–H and O–H groups in total. The van der Waals surface area contributed by atoms with Gasteiger partial charge in [-0.2, -0.15) is 0 Å². The summed E-state index contributed by atoms with van der Waals surface area (Å²) in [6.07, 6.45) is 3.54. The number of nitrogens with two attached hydrogens (primary N) is 1. The molecule has 0 bridgehead atoms. The summed E-state index contributed by atoms with van der Waals surface area (Å²) >= 11 is 3.21. The standard InChI is InChI=1S/C11H13BrN4O2/c12-6-3-8(10(13)14-4-6)11(18)15-5-9(17)16-7-1-2-7/h3-4,7H,1-2,5H2,(H2,13,14)(H,15,18)(H,16,17). The minimum atomic E-state index is -0.410. The first-order valence-corrected chi connectivity index (χ1v) is 6.34. The number of amides is 2. The van der Waals surface area contributed by atoms with Gasteiger partial charge in [-0.15, -0.1) is 0 Å². The summed E-state index contributed by atoms with van der Waals surface area (Å²) in [6, 6.07) is 1.85. The zero-order valence-electron chi connectivity index (χ0n) is 9.57. The number of anilines is 1. The van der Waals surface area contributed by atoms with Crippen LogP contribution in [-0.4, -0.2) is 29.4 Å². The van der Waals surface area contributed by atoms with Crippen LogP contribution < -0.4 is 16.4 Å². The van der Waals surface area contributed by atoms with Crippen molar-refractivity contribution in [2.75, 3.05) is 12.3 Å². The molecule has 2 amide bonds. The van der Waals surface area contributed by atoms with Gasteiger partial charge in [-0.3, -0.25) is 9.59 Å². The highest BCUT2D eigenvalue weighted by molar-refractivity contribution is 9.10. The molecule has 1 aromatic rings. The molecule has 2 rings (SSSR count). The van der Waals surface area contributed by atoms with Crippen LogP contribution in [0.15, 0.2) is 16.7 Å². The van der Waals surface area contributed by atoms with Crippen molar-refractivity contribution >= 4 is 33.6 Å². The smallest absolute Gasteiger partial charge is 0.255 e. The number of nitrogens with one attached hydrogen (secondary N) is 2. The van der Waals surface area contributed by atoms with Crippen LogP contribution in [-0.2, 0) is 4.79 Å². The Bertz CT molecular complexity index is 488. The molecule has 0 aromatic carbocycles. The van der Waals surface area contributed by atoms with Gasteiger partial charge in [0.2, 0.25) is 5.91 Å². The lowest BCUT2D eigenvalue weighted by atomic mass is 10.2. The van der Waals surface area contributed by atoms with Gasteiger partial charge in [0.05, 0.1) is 12.1 Å². The number of rotatable bonds is 4. The van der Waals surface area contributed by atoms with Gasteiger partial charge in [0.25, 0.3) is 5.91 Å². The van der Waals surface area contributed by atoms with Gasteiger partial charge in [0, 0.05) is 16.7 Å². The number of halogens is 1. The van der Waals surface area contributed by atoms with Crippen LogP contribution in [0.5, 0.6) is 0 Å². The summed E-state index contributed by atoms with van der Waals surface area (Å²) in [6.45, 7) is -0.0543. The van der Waals surface area contributed by atoms with Crippen molar-refractivity contribution < 1.29 is 9.59 Å². The maximum atomic E-state index is 11.8. The SMILES string of the molecule is Nc1ncc(Br)cc1C(=O)NCC(=O)NC1CC1. The number of carbonyl (C=O) groups excluding carboxylic acids is 2. The molecule has 96 valence electrons. The Balaban J connectivity index is 1.90. The van der Waals surface area contributed by atoms with Crippen LogP contribution in [0.25, 0.3) is 0 Å². The van der Waals surface area contributed by atoms with Crippen LogP contribution in [0.4, 0.5) is 5.82 Å². The minimum absolute atomic E-state index is 0.0543. The van der Waals surface area contributed by atoms with E-state index < -0.39 is 5.91 Å². The second-order valence-electron chi connectivity index (χ2n) is 4.11. The molecule has 1 heterocycles. The average molecular weight is 313 g/mol. The number of nitrogen functional groups attached to an aromatic ring is 1. The highest BCUT2D eigenvalue weighted by Crippen LogP contribution is 2.18. The van der Waals surface area contributed by atoms with E-state index in [4.69, 9.17) is 5.73 Å². The topological polar surface area (TPSA) is 97.1 Å². The molecule has 1 aliphatic carbocycles. The zero-order valence-corrected chi connectivity index (χ0v) is 11.2. The highest BCUT2D eigenvalue weighted by Gasteiger charge is 2.23. The van der Waals surface area contributed by atoms with Crippen LogP contribution in [0.3, 0.4) is 0 Å². The Hall–Kier alpha value is -1.63. The lowest BCUT2D eigenvalue weighted by molar-refractivity contribution is -0.120. The number of aromatic nitrogens is 1. The molecule has 0 spiro atoms. The molecule has 0 radical (unpaired) electrons. The van der Waals surface area contributed by atoms with Crippen molar-refractivity contribution in [1.82, 2.24) is 15.6 Å². The van der Waals surface area contributed by atoms with E-state index in [1.54, 1.807) is 6.07 Å². The van der Waals surface area contributed by atoms with Crippen molar-refractivity contribution in [1.29, 1.82) is 0 Å². The Labute approximate surface area is 112 Å². The fourth-order valence-corrected chi connectivity index (χ4v) is 1.73. The van der Waals surface area contributed by atoms with Crippen LogP contribution in [0.1, 0.15) is 23.2 Å². The van der Waals surface area contributed by atoms with Gasteiger partial charge in [-0.25, -0.2) is 4.98 Å². The Morgan fingerprint density at radius 3 is 2.89 bits per heavy atom. The Morgan fingerprint density at radius 2 is 2.22 bits per heavy atom. The second-order valence-corrected chi connectivity index (χ2v) is 5.03. The van der Waals surface area contributed by atoms with Crippen molar-refractivity contribution in [2.45, 2.75) is 18.9 Å². The van der Waals surface area contributed by atoms with Gasteiger partial charge in [0.1, 0.15) is 5.82 Å². The van der Waals surface area contributed by atoms with E-state index in [1.165, 1.54) is 6.20 Å². The predicted molar refractivity (Wildman–Crippen MR) is 69.8 cm³/mol. The number of hydrogen-bond donors (Lipinski definition) is 3. The summed E-state index contributed by atoms with van der Waals surface area (Å²) in [4.78, 5) is 27.0. The second kappa shape index (κ2) is 5.34. The van der Waals surface area contributed by atoms with Gasteiger partial charge in [-0.05, 0) is 34.8 Å². The first-order valence-electron chi connectivity index (χ1n) is 5.55. The van der Waals surface area contributed by atoms with E-state index in [1.807, 2.05) is 0 Å². The Morgan fingerprint density at radius 1 is 1.50 bits per heavy atom. The summed E-state index contributed by atoms with van der Waals surface area (Å²) < 4.78 is 0.657.